The molecule has 17 heavy (non-hydrogen) atoms. The van der Waals surface area contributed by atoms with E-state index in [1.54, 1.807) is 24.3 Å². The molecule has 0 unspecified atom stereocenters. The lowest BCUT2D eigenvalue weighted by molar-refractivity contribution is -0.115. The molecular formula is C11H9IN2O3. The lowest BCUT2D eigenvalue weighted by atomic mass is 10.2. The molecule has 1 aromatic carbocycles. The Hall–Kier alpha value is -1.62. The molecule has 1 amide bonds. The Morgan fingerprint density at radius 2 is 2.24 bits per heavy atom. The van der Waals surface area contributed by atoms with Gasteiger partial charge in [0.2, 0.25) is 5.91 Å². The van der Waals surface area contributed by atoms with E-state index in [0.29, 0.717) is 14.8 Å². The Labute approximate surface area is 112 Å². The molecule has 0 fully saturated rings. The Morgan fingerprint density at radius 1 is 1.53 bits per heavy atom. The lowest BCUT2D eigenvalue weighted by Gasteiger charge is -2.07. The Bertz CT molecular complexity index is 494. The van der Waals surface area contributed by atoms with Gasteiger partial charge < -0.3 is 10.1 Å². The Kier molecular flexibility index (Phi) is 4.90. The quantitative estimate of drug-likeness (QED) is 0.671. The maximum absolute atomic E-state index is 11.2. The van der Waals surface area contributed by atoms with Crippen LogP contribution in [0.15, 0.2) is 18.2 Å². The van der Waals surface area contributed by atoms with Gasteiger partial charge in [0, 0.05) is 3.57 Å². The SMILES string of the molecule is COC(=O)c1ccc(NC(=O)CC#N)c(I)c1. The van der Waals surface area contributed by atoms with E-state index >= 15 is 0 Å². The van der Waals surface area contributed by atoms with Crippen LogP contribution in [-0.4, -0.2) is 19.0 Å². The normalized spacial score (nSPS) is 9.24. The average molecular weight is 344 g/mol. The summed E-state index contributed by atoms with van der Waals surface area (Å²) in [4.78, 5) is 22.5. The van der Waals surface area contributed by atoms with E-state index in [0.717, 1.165) is 0 Å². The predicted octanol–water partition coefficient (Wildman–Crippen LogP) is 1.93. The second-order valence-electron chi connectivity index (χ2n) is 3.07. The smallest absolute Gasteiger partial charge is 0.337 e. The summed E-state index contributed by atoms with van der Waals surface area (Å²) in [6.07, 6.45) is -0.200. The highest BCUT2D eigenvalue weighted by atomic mass is 127. The van der Waals surface area contributed by atoms with E-state index < -0.39 is 5.97 Å². The third-order valence-electron chi connectivity index (χ3n) is 1.90. The van der Waals surface area contributed by atoms with Crippen molar-refractivity contribution < 1.29 is 14.3 Å². The van der Waals surface area contributed by atoms with Crippen molar-refractivity contribution in [3.8, 4) is 6.07 Å². The number of hydrogen-bond donors (Lipinski definition) is 1. The summed E-state index contributed by atoms with van der Waals surface area (Å²) >= 11 is 1.99. The van der Waals surface area contributed by atoms with Gasteiger partial charge in [-0.1, -0.05) is 0 Å². The van der Waals surface area contributed by atoms with Gasteiger partial charge in [0.05, 0.1) is 24.4 Å². The minimum atomic E-state index is -0.433. The topological polar surface area (TPSA) is 79.2 Å². The van der Waals surface area contributed by atoms with Gasteiger partial charge in [-0.25, -0.2) is 4.79 Å². The van der Waals surface area contributed by atoms with E-state index in [2.05, 4.69) is 10.1 Å². The van der Waals surface area contributed by atoms with E-state index in [1.165, 1.54) is 7.11 Å². The molecule has 0 spiro atoms. The molecule has 0 aliphatic heterocycles. The van der Waals surface area contributed by atoms with Crippen LogP contribution in [0.25, 0.3) is 0 Å². The number of anilines is 1. The van der Waals surface area contributed by atoms with Crippen LogP contribution in [0.2, 0.25) is 0 Å². The van der Waals surface area contributed by atoms with Crippen LogP contribution < -0.4 is 5.32 Å². The molecule has 6 heteroatoms. The van der Waals surface area contributed by atoms with Crippen LogP contribution in [-0.2, 0) is 9.53 Å². The third kappa shape index (κ3) is 3.71. The van der Waals surface area contributed by atoms with Gasteiger partial charge in [0.25, 0.3) is 0 Å². The number of methoxy groups -OCH3 is 1. The second kappa shape index (κ2) is 6.20. The monoisotopic (exact) mass is 344 g/mol. The molecule has 0 saturated carbocycles. The predicted molar refractivity (Wildman–Crippen MR) is 69.4 cm³/mol. The zero-order valence-corrected chi connectivity index (χ0v) is 11.1. The molecule has 0 bridgehead atoms. The molecule has 0 heterocycles. The molecule has 0 aliphatic rings. The van der Waals surface area contributed by atoms with Gasteiger partial charge in [0.15, 0.2) is 0 Å². The largest absolute Gasteiger partial charge is 0.465 e. The fraction of sp³-hybridized carbons (Fsp3) is 0.182. The number of hydrogen-bond acceptors (Lipinski definition) is 4. The number of benzene rings is 1. The van der Waals surface area contributed by atoms with Gasteiger partial charge in [-0.15, -0.1) is 0 Å². The Balaban J connectivity index is 2.87. The van der Waals surface area contributed by atoms with Crippen molar-refractivity contribution in [1.29, 1.82) is 5.26 Å². The van der Waals surface area contributed by atoms with E-state index in [4.69, 9.17) is 5.26 Å². The first-order valence-electron chi connectivity index (χ1n) is 4.63. The zero-order valence-electron chi connectivity index (χ0n) is 8.99. The molecule has 0 saturated heterocycles. The molecule has 0 radical (unpaired) electrons. The number of amides is 1. The maximum Gasteiger partial charge on any atom is 0.337 e. The Morgan fingerprint density at radius 3 is 2.76 bits per heavy atom. The molecule has 0 aliphatic carbocycles. The van der Waals surface area contributed by atoms with E-state index in [1.807, 2.05) is 22.6 Å². The highest BCUT2D eigenvalue weighted by Crippen LogP contribution is 2.20. The van der Waals surface area contributed by atoms with Crippen LogP contribution in [0.3, 0.4) is 0 Å². The standard InChI is InChI=1S/C11H9IN2O3/c1-17-11(16)7-2-3-9(8(12)6-7)14-10(15)4-5-13/h2-3,6H,4H2,1H3,(H,14,15). The molecule has 1 aromatic rings. The van der Waals surface area contributed by atoms with E-state index in [9.17, 15) is 9.59 Å². The van der Waals surface area contributed by atoms with Crippen molar-refractivity contribution in [2.45, 2.75) is 6.42 Å². The number of nitrogens with zero attached hydrogens (tertiary/aromatic N) is 1. The first-order valence-corrected chi connectivity index (χ1v) is 5.71. The minimum absolute atomic E-state index is 0.200. The fourth-order valence-electron chi connectivity index (χ4n) is 1.13. The van der Waals surface area contributed by atoms with Crippen LogP contribution in [0.4, 0.5) is 5.69 Å². The third-order valence-corrected chi connectivity index (χ3v) is 2.80. The van der Waals surface area contributed by atoms with Crippen molar-refractivity contribution in [3.63, 3.8) is 0 Å². The number of nitriles is 1. The number of esters is 1. The second-order valence-corrected chi connectivity index (χ2v) is 4.23. The molecule has 0 atom stereocenters. The van der Waals surface area contributed by atoms with Crippen molar-refractivity contribution in [2.75, 3.05) is 12.4 Å². The highest BCUT2D eigenvalue weighted by Gasteiger charge is 2.10. The van der Waals surface area contributed by atoms with Gasteiger partial charge in [0.1, 0.15) is 6.42 Å². The molecule has 88 valence electrons. The first-order chi connectivity index (χ1) is 8.08. The van der Waals surface area contributed by atoms with Crippen LogP contribution >= 0.6 is 22.6 Å². The zero-order chi connectivity index (χ0) is 12.8. The molecule has 5 nitrogen and oxygen atoms in total. The fourth-order valence-corrected chi connectivity index (χ4v) is 1.78. The molecule has 1 rings (SSSR count). The number of rotatable bonds is 3. The van der Waals surface area contributed by atoms with Crippen molar-refractivity contribution >= 4 is 40.2 Å². The molecule has 1 N–H and O–H groups in total. The summed E-state index contributed by atoms with van der Waals surface area (Å²) in [5.74, 6) is -0.811. The highest BCUT2D eigenvalue weighted by molar-refractivity contribution is 14.1. The van der Waals surface area contributed by atoms with Crippen molar-refractivity contribution in [1.82, 2.24) is 0 Å². The number of nitrogens with one attached hydrogen (secondary N) is 1. The summed E-state index contributed by atoms with van der Waals surface area (Å²) in [6, 6.07) is 6.51. The number of ether oxygens (including phenoxy) is 1. The summed E-state index contributed by atoms with van der Waals surface area (Å²) in [5, 5.41) is 10.9. The summed E-state index contributed by atoms with van der Waals surface area (Å²) in [6.45, 7) is 0. The number of carbonyl (C=O) groups excluding carboxylic acids is 2. The van der Waals surface area contributed by atoms with Gasteiger partial charge in [-0.2, -0.15) is 5.26 Å². The van der Waals surface area contributed by atoms with Gasteiger partial charge in [-0.3, -0.25) is 4.79 Å². The van der Waals surface area contributed by atoms with Gasteiger partial charge in [-0.05, 0) is 40.8 Å². The van der Waals surface area contributed by atoms with Crippen LogP contribution in [0.5, 0.6) is 0 Å². The first kappa shape index (κ1) is 13.4. The maximum atomic E-state index is 11.2. The van der Waals surface area contributed by atoms with Crippen molar-refractivity contribution in [2.24, 2.45) is 0 Å². The summed E-state index contributed by atoms with van der Waals surface area (Å²) < 4.78 is 5.28. The van der Waals surface area contributed by atoms with Crippen LogP contribution in [0, 0.1) is 14.9 Å². The lowest BCUT2D eigenvalue weighted by Crippen LogP contribution is -2.11. The average Bonchev–Trinajstić information content (AvgIpc) is 2.31. The van der Waals surface area contributed by atoms with Crippen molar-refractivity contribution in [3.05, 3.63) is 27.3 Å². The van der Waals surface area contributed by atoms with Crippen LogP contribution in [0.1, 0.15) is 16.8 Å². The number of halogens is 1. The molecule has 0 aromatic heterocycles. The molecular weight excluding hydrogens is 335 g/mol. The summed E-state index contributed by atoms with van der Waals surface area (Å²) in [7, 11) is 1.30. The van der Waals surface area contributed by atoms with E-state index in [-0.39, 0.29) is 12.3 Å². The summed E-state index contributed by atoms with van der Waals surface area (Å²) in [5.41, 5.74) is 0.980. The minimum Gasteiger partial charge on any atom is -0.465 e. The van der Waals surface area contributed by atoms with Gasteiger partial charge >= 0.3 is 5.97 Å². The number of carbonyl (C=O) groups is 2.